The SMILES string of the molecule is C=CCC1CCN(CCC(c2ccccc2)c2ccccc2)CC1. The van der Waals surface area contributed by atoms with Crippen LogP contribution in [-0.2, 0) is 0 Å². The van der Waals surface area contributed by atoms with Crippen LogP contribution in [0.1, 0.15) is 42.7 Å². The second-order valence-electron chi connectivity index (χ2n) is 6.97. The molecule has 0 aromatic heterocycles. The minimum atomic E-state index is 0.498. The van der Waals surface area contributed by atoms with Gasteiger partial charge in [-0.3, -0.25) is 0 Å². The zero-order valence-corrected chi connectivity index (χ0v) is 14.6. The van der Waals surface area contributed by atoms with Crippen molar-refractivity contribution in [2.45, 2.75) is 31.6 Å². The molecule has 24 heavy (non-hydrogen) atoms. The highest BCUT2D eigenvalue weighted by molar-refractivity contribution is 5.32. The third-order valence-electron chi connectivity index (χ3n) is 5.35. The van der Waals surface area contributed by atoms with Crippen molar-refractivity contribution in [1.29, 1.82) is 0 Å². The predicted molar refractivity (Wildman–Crippen MR) is 103 cm³/mol. The van der Waals surface area contributed by atoms with Crippen molar-refractivity contribution >= 4 is 0 Å². The second-order valence-corrected chi connectivity index (χ2v) is 6.97. The highest BCUT2D eigenvalue weighted by Crippen LogP contribution is 2.29. The Morgan fingerprint density at radius 2 is 1.46 bits per heavy atom. The van der Waals surface area contributed by atoms with Gasteiger partial charge in [-0.15, -0.1) is 6.58 Å². The summed E-state index contributed by atoms with van der Waals surface area (Å²) in [5.41, 5.74) is 2.87. The molecular weight excluding hydrogens is 290 g/mol. The van der Waals surface area contributed by atoms with Crippen LogP contribution in [0.15, 0.2) is 73.3 Å². The lowest BCUT2D eigenvalue weighted by Gasteiger charge is -2.32. The molecule has 0 atom stereocenters. The molecule has 0 radical (unpaired) electrons. The first-order valence-corrected chi connectivity index (χ1v) is 9.30. The van der Waals surface area contributed by atoms with Gasteiger partial charge in [0.15, 0.2) is 0 Å². The molecule has 1 heterocycles. The molecule has 1 aliphatic rings. The molecule has 2 aromatic rings. The van der Waals surface area contributed by atoms with Crippen LogP contribution in [0.3, 0.4) is 0 Å². The summed E-state index contributed by atoms with van der Waals surface area (Å²) in [4.78, 5) is 2.65. The number of piperidine rings is 1. The smallest absolute Gasteiger partial charge is 0.0101 e. The maximum absolute atomic E-state index is 3.89. The van der Waals surface area contributed by atoms with E-state index in [9.17, 15) is 0 Å². The summed E-state index contributed by atoms with van der Waals surface area (Å²) >= 11 is 0. The van der Waals surface area contributed by atoms with Crippen molar-refractivity contribution < 1.29 is 0 Å². The van der Waals surface area contributed by atoms with Crippen LogP contribution in [0.5, 0.6) is 0 Å². The number of rotatable bonds is 7. The normalized spacial score (nSPS) is 16.4. The molecule has 1 fully saturated rings. The van der Waals surface area contributed by atoms with Gasteiger partial charge in [0.2, 0.25) is 0 Å². The highest BCUT2D eigenvalue weighted by atomic mass is 15.1. The van der Waals surface area contributed by atoms with Gasteiger partial charge in [-0.25, -0.2) is 0 Å². The molecule has 0 bridgehead atoms. The van der Waals surface area contributed by atoms with Crippen molar-refractivity contribution in [2.75, 3.05) is 19.6 Å². The molecule has 0 unspecified atom stereocenters. The molecule has 1 aliphatic heterocycles. The first kappa shape index (κ1) is 17.0. The maximum atomic E-state index is 3.89. The Kier molecular flexibility index (Phi) is 6.26. The summed E-state index contributed by atoms with van der Waals surface area (Å²) in [5, 5.41) is 0. The molecule has 1 heteroatoms. The minimum absolute atomic E-state index is 0.498. The van der Waals surface area contributed by atoms with Gasteiger partial charge in [0.05, 0.1) is 0 Å². The molecule has 126 valence electrons. The van der Waals surface area contributed by atoms with E-state index >= 15 is 0 Å². The summed E-state index contributed by atoms with van der Waals surface area (Å²) in [7, 11) is 0. The van der Waals surface area contributed by atoms with Crippen LogP contribution in [0, 0.1) is 5.92 Å². The first-order valence-electron chi connectivity index (χ1n) is 9.30. The van der Waals surface area contributed by atoms with E-state index in [-0.39, 0.29) is 0 Å². The zero-order chi connectivity index (χ0) is 16.6. The Hall–Kier alpha value is -1.86. The van der Waals surface area contributed by atoms with Gasteiger partial charge in [0.25, 0.3) is 0 Å². The van der Waals surface area contributed by atoms with Gasteiger partial charge in [-0.2, -0.15) is 0 Å². The van der Waals surface area contributed by atoms with Crippen molar-refractivity contribution in [3.05, 3.63) is 84.4 Å². The van der Waals surface area contributed by atoms with Crippen LogP contribution < -0.4 is 0 Å². The highest BCUT2D eigenvalue weighted by Gasteiger charge is 2.20. The van der Waals surface area contributed by atoms with Gasteiger partial charge >= 0.3 is 0 Å². The van der Waals surface area contributed by atoms with Gasteiger partial charge in [-0.1, -0.05) is 66.7 Å². The van der Waals surface area contributed by atoms with E-state index in [1.807, 2.05) is 0 Å². The largest absolute Gasteiger partial charge is 0.303 e. The summed E-state index contributed by atoms with van der Waals surface area (Å²) in [6, 6.07) is 21.9. The summed E-state index contributed by atoms with van der Waals surface area (Å²) in [5.74, 6) is 1.36. The molecule has 1 saturated heterocycles. The van der Waals surface area contributed by atoms with E-state index in [0.717, 1.165) is 5.92 Å². The first-order chi connectivity index (χ1) is 11.9. The van der Waals surface area contributed by atoms with E-state index in [1.54, 1.807) is 0 Å². The molecule has 0 aliphatic carbocycles. The van der Waals surface area contributed by atoms with E-state index in [1.165, 1.54) is 56.4 Å². The molecule has 1 nitrogen and oxygen atoms in total. The number of hydrogen-bond acceptors (Lipinski definition) is 1. The zero-order valence-electron chi connectivity index (χ0n) is 14.6. The van der Waals surface area contributed by atoms with Crippen LogP contribution in [0.25, 0.3) is 0 Å². The van der Waals surface area contributed by atoms with Gasteiger partial charge < -0.3 is 4.90 Å². The molecule has 0 saturated carbocycles. The van der Waals surface area contributed by atoms with Crippen LogP contribution in [0.4, 0.5) is 0 Å². The summed E-state index contributed by atoms with van der Waals surface area (Å²) in [6.07, 6.45) is 7.12. The Balaban J connectivity index is 1.62. The third-order valence-corrected chi connectivity index (χ3v) is 5.35. The summed E-state index contributed by atoms with van der Waals surface area (Å²) < 4.78 is 0. The Bertz CT molecular complexity index is 557. The quantitative estimate of drug-likeness (QED) is 0.609. The average Bonchev–Trinajstić information content (AvgIpc) is 2.65. The molecule has 2 aromatic carbocycles. The fraction of sp³-hybridized carbons (Fsp3) is 0.391. The predicted octanol–water partition coefficient (Wildman–Crippen LogP) is 5.50. The van der Waals surface area contributed by atoms with Gasteiger partial charge in [-0.05, 0) is 62.4 Å². The lowest BCUT2D eigenvalue weighted by atomic mass is 9.88. The van der Waals surface area contributed by atoms with E-state index in [2.05, 4.69) is 78.2 Å². The fourth-order valence-corrected chi connectivity index (χ4v) is 3.89. The summed E-state index contributed by atoms with van der Waals surface area (Å²) in [6.45, 7) is 7.57. The molecule has 0 amide bonds. The van der Waals surface area contributed by atoms with Crippen LogP contribution in [-0.4, -0.2) is 24.5 Å². The van der Waals surface area contributed by atoms with Crippen molar-refractivity contribution in [3.8, 4) is 0 Å². The van der Waals surface area contributed by atoms with Crippen molar-refractivity contribution in [1.82, 2.24) is 4.90 Å². The average molecular weight is 319 g/mol. The topological polar surface area (TPSA) is 3.24 Å². The number of allylic oxidation sites excluding steroid dienone is 1. The van der Waals surface area contributed by atoms with Gasteiger partial charge in [0.1, 0.15) is 0 Å². The number of nitrogens with zero attached hydrogens (tertiary/aromatic N) is 1. The third kappa shape index (κ3) is 4.58. The van der Waals surface area contributed by atoms with Crippen molar-refractivity contribution in [3.63, 3.8) is 0 Å². The minimum Gasteiger partial charge on any atom is -0.303 e. The van der Waals surface area contributed by atoms with Crippen molar-refractivity contribution in [2.24, 2.45) is 5.92 Å². The number of benzene rings is 2. The Morgan fingerprint density at radius 1 is 0.917 bits per heavy atom. The Labute approximate surface area is 147 Å². The fourth-order valence-electron chi connectivity index (χ4n) is 3.89. The van der Waals surface area contributed by atoms with E-state index < -0.39 is 0 Å². The number of hydrogen-bond donors (Lipinski definition) is 0. The lowest BCUT2D eigenvalue weighted by molar-refractivity contribution is 0.182. The van der Waals surface area contributed by atoms with Crippen LogP contribution >= 0.6 is 0 Å². The molecule has 0 spiro atoms. The maximum Gasteiger partial charge on any atom is 0.0101 e. The second kappa shape index (κ2) is 8.84. The van der Waals surface area contributed by atoms with E-state index in [0.29, 0.717) is 5.92 Å². The standard InChI is InChI=1S/C23H29N/c1-2-9-20-14-17-24(18-15-20)19-16-23(21-10-5-3-6-11-21)22-12-7-4-8-13-22/h2-8,10-13,20,23H,1,9,14-19H2. The molecule has 3 rings (SSSR count). The lowest BCUT2D eigenvalue weighted by Crippen LogP contribution is -2.34. The van der Waals surface area contributed by atoms with Gasteiger partial charge in [0, 0.05) is 5.92 Å². The molecular formula is C23H29N. The van der Waals surface area contributed by atoms with Crippen LogP contribution in [0.2, 0.25) is 0 Å². The Morgan fingerprint density at radius 3 is 1.96 bits per heavy atom. The van der Waals surface area contributed by atoms with E-state index in [4.69, 9.17) is 0 Å². The molecule has 0 N–H and O–H groups in total. The monoisotopic (exact) mass is 319 g/mol. The number of likely N-dealkylation sites (tertiary alicyclic amines) is 1.